The number of hydrogen-bond donors (Lipinski definition) is 5. The van der Waals surface area contributed by atoms with Gasteiger partial charge in [0.15, 0.2) is 25.4 Å². The summed E-state index contributed by atoms with van der Waals surface area (Å²) in [5.41, 5.74) is -1.08. The molecule has 0 aliphatic rings. The zero-order valence-electron chi connectivity index (χ0n) is 28.0. The number of benzene rings is 4. The number of nitrogens with zero attached hydrogens (tertiary/aromatic N) is 4. The van der Waals surface area contributed by atoms with Gasteiger partial charge in [0.05, 0.1) is 47.3 Å². The molecule has 0 fully saturated rings. The monoisotopic (exact) mass is 867 g/mol. The maximum Gasteiger partial charge on any atom is 0.397 e. The third kappa shape index (κ3) is 11.0. The number of phenols is 1. The van der Waals surface area contributed by atoms with Crippen molar-refractivity contribution < 1.29 is 74.0 Å². The molecule has 5 N–H and O–H groups in total. The van der Waals surface area contributed by atoms with E-state index in [2.05, 4.69) is 34.1 Å². The van der Waals surface area contributed by atoms with Crippen LogP contribution in [0.3, 0.4) is 0 Å². The second-order valence-electron chi connectivity index (χ2n) is 10.7. The molecule has 0 radical (unpaired) electrons. The minimum atomic E-state index is -5.16. The van der Waals surface area contributed by atoms with Gasteiger partial charge in [0.2, 0.25) is 0 Å². The van der Waals surface area contributed by atoms with Gasteiger partial charge in [0.25, 0.3) is 10.1 Å². The number of rotatable bonds is 17. The number of phenolic OH excluding ortho intramolecular Hbond substituents is 1. The van der Waals surface area contributed by atoms with Crippen molar-refractivity contribution in [3.63, 3.8) is 0 Å². The molecule has 0 aliphatic heterocycles. The van der Waals surface area contributed by atoms with Crippen LogP contribution in [0.25, 0.3) is 10.8 Å². The van der Waals surface area contributed by atoms with Crippen molar-refractivity contribution in [1.29, 1.82) is 0 Å². The van der Waals surface area contributed by atoms with Crippen molar-refractivity contribution in [2.75, 3.05) is 44.2 Å². The van der Waals surface area contributed by atoms with Crippen LogP contribution in [0.5, 0.6) is 11.5 Å². The summed E-state index contributed by atoms with van der Waals surface area (Å²) in [6.07, 6.45) is 0. The van der Waals surface area contributed by atoms with Gasteiger partial charge in [0.1, 0.15) is 33.4 Å². The fourth-order valence-corrected chi connectivity index (χ4v) is 8.50. The first kappa shape index (κ1) is 43.0. The molecule has 0 saturated carbocycles. The number of hydrogen-bond acceptors (Lipinski definition) is 19. The Balaban J connectivity index is 1.81. The Morgan fingerprint density at radius 3 is 1.78 bits per heavy atom. The van der Waals surface area contributed by atoms with Crippen LogP contribution in [0, 0.1) is 0 Å². The standard InChI is InChI=1S/C28H29N5O17S5/c1-29-22-10-8-18-19(26(22)32-31-21-5-3-4-6-24(21)52(37,38)14-12-50-55(45,46)47)16-25(53(39,40)41)27(28(18)48-2)33-30-20-9-7-17(15-23(20)34)51(35,36)13-11-49-54(42,43)44/h3-10,15-16,29,34H,11-14H2,1-2H3,(H,39,40,41)(H,42,43,44)(H,45,46,47)/b32-31+,33-30+. The Morgan fingerprint density at radius 1 is 0.636 bits per heavy atom. The summed E-state index contributed by atoms with van der Waals surface area (Å²) in [6, 6.07) is 11.7. The second kappa shape index (κ2) is 16.6. The van der Waals surface area contributed by atoms with E-state index in [1.54, 1.807) is 0 Å². The molecule has 0 spiro atoms. The molecule has 0 unspecified atom stereocenters. The molecule has 4 aromatic rings. The van der Waals surface area contributed by atoms with E-state index < -0.39 is 107 Å². The molecule has 4 rings (SSSR count). The van der Waals surface area contributed by atoms with Crippen LogP contribution in [0.4, 0.5) is 28.4 Å². The van der Waals surface area contributed by atoms with Crippen LogP contribution >= 0.6 is 0 Å². The first-order valence-electron chi connectivity index (χ1n) is 14.7. The topological polar surface area (TPSA) is 341 Å². The highest BCUT2D eigenvalue weighted by Crippen LogP contribution is 2.47. The fourth-order valence-electron chi connectivity index (χ4n) is 4.72. The van der Waals surface area contributed by atoms with Gasteiger partial charge in [-0.25, -0.2) is 25.2 Å². The zero-order chi connectivity index (χ0) is 41.0. The number of nitrogens with one attached hydrogen (secondary N) is 1. The highest BCUT2D eigenvalue weighted by Gasteiger charge is 2.26. The van der Waals surface area contributed by atoms with Gasteiger partial charge in [-0.3, -0.25) is 13.7 Å². The summed E-state index contributed by atoms with van der Waals surface area (Å²) < 4.78 is 161. The lowest BCUT2D eigenvalue weighted by Crippen LogP contribution is -2.15. The summed E-state index contributed by atoms with van der Waals surface area (Å²) >= 11 is 0. The molecule has 0 heterocycles. The molecule has 0 bridgehead atoms. The minimum absolute atomic E-state index is 0.0312. The Labute approximate surface area is 314 Å². The molecule has 298 valence electrons. The van der Waals surface area contributed by atoms with Crippen LogP contribution in [0.1, 0.15) is 0 Å². The van der Waals surface area contributed by atoms with E-state index in [-0.39, 0.29) is 33.6 Å². The van der Waals surface area contributed by atoms with Gasteiger partial charge >= 0.3 is 20.8 Å². The van der Waals surface area contributed by atoms with Crippen molar-refractivity contribution >= 4 is 89.8 Å². The van der Waals surface area contributed by atoms with Crippen molar-refractivity contribution in [2.24, 2.45) is 20.5 Å². The lowest BCUT2D eigenvalue weighted by molar-refractivity contribution is 0.282. The highest BCUT2D eigenvalue weighted by atomic mass is 32.3. The van der Waals surface area contributed by atoms with Crippen LogP contribution < -0.4 is 10.1 Å². The number of ether oxygens (including phenoxy) is 1. The molecule has 27 heteroatoms. The predicted octanol–water partition coefficient (Wildman–Crippen LogP) is 3.86. The molecule has 0 amide bonds. The van der Waals surface area contributed by atoms with E-state index in [1.807, 2.05) is 0 Å². The van der Waals surface area contributed by atoms with Crippen LogP contribution in [-0.4, -0.2) is 99.7 Å². The summed E-state index contributed by atoms with van der Waals surface area (Å²) in [5.74, 6) is -2.86. The first-order chi connectivity index (χ1) is 25.5. The molecule has 0 saturated heterocycles. The number of aromatic hydroxyl groups is 1. The lowest BCUT2D eigenvalue weighted by Gasteiger charge is -2.15. The van der Waals surface area contributed by atoms with Gasteiger partial charge in [-0.15, -0.1) is 20.5 Å². The van der Waals surface area contributed by atoms with Crippen molar-refractivity contribution in [3.05, 3.63) is 60.7 Å². The summed E-state index contributed by atoms with van der Waals surface area (Å²) in [4.78, 5) is -1.79. The van der Waals surface area contributed by atoms with Gasteiger partial charge in [-0.05, 0) is 42.5 Å². The average molecular weight is 868 g/mol. The van der Waals surface area contributed by atoms with Gasteiger partial charge < -0.3 is 15.2 Å². The van der Waals surface area contributed by atoms with Gasteiger partial charge in [0, 0.05) is 23.9 Å². The molecule has 4 aromatic carbocycles. The number of fused-ring (bicyclic) bond motifs is 1. The molecular formula is C28H29N5O17S5. The zero-order valence-corrected chi connectivity index (χ0v) is 32.1. The van der Waals surface area contributed by atoms with Crippen molar-refractivity contribution in [2.45, 2.75) is 14.7 Å². The smallest absolute Gasteiger partial charge is 0.397 e. The maximum absolute atomic E-state index is 13.0. The second-order valence-corrected chi connectivity index (χ2v) is 18.5. The molecule has 0 aliphatic carbocycles. The number of azo groups is 2. The van der Waals surface area contributed by atoms with Gasteiger partial charge in [-0.2, -0.15) is 25.3 Å². The summed E-state index contributed by atoms with van der Waals surface area (Å²) in [7, 11) is -20.9. The lowest BCUT2D eigenvalue weighted by atomic mass is 10.0. The third-order valence-electron chi connectivity index (χ3n) is 7.13. The van der Waals surface area contributed by atoms with Crippen molar-refractivity contribution in [1.82, 2.24) is 0 Å². The SMILES string of the molecule is CNc1ccc2c(OC)c(/N=N/c3ccc(S(=O)(=O)CCOS(=O)(=O)O)cc3O)c(S(=O)(=O)O)cc2c1/N=N/c1ccccc1S(=O)(=O)CCOS(=O)(=O)O. The van der Waals surface area contributed by atoms with E-state index in [0.717, 1.165) is 37.4 Å². The van der Waals surface area contributed by atoms with Crippen LogP contribution in [-0.2, 0) is 59.0 Å². The largest absolute Gasteiger partial charge is 0.506 e. The maximum atomic E-state index is 13.0. The van der Waals surface area contributed by atoms with Crippen LogP contribution in [0.15, 0.2) is 95.8 Å². The van der Waals surface area contributed by atoms with E-state index in [1.165, 1.54) is 37.4 Å². The summed E-state index contributed by atoms with van der Waals surface area (Å²) in [6.45, 7) is -1.85. The predicted molar refractivity (Wildman–Crippen MR) is 192 cm³/mol. The number of anilines is 1. The molecule has 22 nitrogen and oxygen atoms in total. The third-order valence-corrected chi connectivity index (χ3v) is 12.3. The summed E-state index contributed by atoms with van der Waals surface area (Å²) in [5, 5.41) is 29.3. The number of sulfone groups is 2. The molecular weight excluding hydrogens is 839 g/mol. The first-order valence-corrected chi connectivity index (χ1v) is 22.2. The quantitative estimate of drug-likeness (QED) is 0.0743. The minimum Gasteiger partial charge on any atom is -0.506 e. The highest BCUT2D eigenvalue weighted by molar-refractivity contribution is 7.92. The Morgan fingerprint density at radius 2 is 1.22 bits per heavy atom. The van der Waals surface area contributed by atoms with E-state index in [0.29, 0.717) is 0 Å². The molecule has 0 atom stereocenters. The van der Waals surface area contributed by atoms with E-state index in [9.17, 15) is 51.7 Å². The normalized spacial score (nSPS) is 13.2. The van der Waals surface area contributed by atoms with Crippen molar-refractivity contribution in [3.8, 4) is 11.5 Å². The number of methoxy groups -OCH3 is 1. The van der Waals surface area contributed by atoms with E-state index in [4.69, 9.17) is 13.8 Å². The van der Waals surface area contributed by atoms with Crippen LogP contribution in [0.2, 0.25) is 0 Å². The van der Waals surface area contributed by atoms with E-state index >= 15 is 0 Å². The Kier molecular flexibility index (Phi) is 13.0. The molecule has 0 aromatic heterocycles. The average Bonchev–Trinajstić information content (AvgIpc) is 3.07. The molecule has 55 heavy (non-hydrogen) atoms. The fraction of sp³-hybridized carbons (Fsp3) is 0.214. The Hall–Kier alpha value is -4.71. The van der Waals surface area contributed by atoms with Gasteiger partial charge in [-0.1, -0.05) is 12.1 Å². The Bertz CT molecular complexity index is 2760.